The van der Waals surface area contributed by atoms with Crippen LogP contribution >= 0.6 is 0 Å². The lowest BCUT2D eigenvalue weighted by Gasteiger charge is -2.32. The number of carboxylic acid groups (broad SMARTS) is 1. The minimum absolute atomic E-state index is 0.0491. The zero-order valence-corrected chi connectivity index (χ0v) is 12.2. The first-order chi connectivity index (χ1) is 11.3. The maximum Gasteiger partial charge on any atom is 0.339 e. The van der Waals surface area contributed by atoms with Crippen molar-refractivity contribution < 1.29 is 29.6 Å². The topological polar surface area (TPSA) is 129 Å². The van der Waals surface area contributed by atoms with Crippen LogP contribution in [0.3, 0.4) is 0 Å². The number of carboxylic acids is 1. The Hall–Kier alpha value is -2.62. The van der Waals surface area contributed by atoms with Crippen molar-refractivity contribution in [1.29, 1.82) is 0 Å². The molecule has 8 nitrogen and oxygen atoms in total. The summed E-state index contributed by atoms with van der Waals surface area (Å²) in [5.74, 6) is -1.96. The summed E-state index contributed by atoms with van der Waals surface area (Å²) in [6.07, 6.45) is -1.10. The largest absolute Gasteiger partial charge is 0.479 e. The number of aromatic nitrogens is 3. The molecule has 24 heavy (non-hydrogen) atoms. The molecule has 0 radical (unpaired) electrons. The van der Waals surface area contributed by atoms with Crippen molar-refractivity contribution in [1.82, 2.24) is 15.0 Å². The molecule has 4 N–H and O–H groups in total. The number of carbonyl (C=O) groups is 1. The average molecular weight is 335 g/mol. The van der Waals surface area contributed by atoms with E-state index in [-0.39, 0.29) is 11.3 Å². The van der Waals surface area contributed by atoms with Crippen LogP contribution in [0.2, 0.25) is 0 Å². The molecule has 0 saturated carbocycles. The Bertz CT molecular complexity index is 804. The van der Waals surface area contributed by atoms with Crippen molar-refractivity contribution in [2.24, 2.45) is 0 Å². The molecular formula is C15H14FN3O5. The van der Waals surface area contributed by atoms with Crippen molar-refractivity contribution in [2.75, 3.05) is 0 Å². The molecule has 9 heteroatoms. The fraction of sp³-hybridized carbons (Fsp3) is 0.267. The van der Waals surface area contributed by atoms with Crippen molar-refractivity contribution in [3.05, 3.63) is 48.0 Å². The summed E-state index contributed by atoms with van der Waals surface area (Å²) >= 11 is 0. The molecule has 2 aromatic rings. The van der Waals surface area contributed by atoms with Crippen LogP contribution in [-0.4, -0.2) is 59.2 Å². The van der Waals surface area contributed by atoms with Crippen LogP contribution in [0, 0.1) is 5.82 Å². The number of aliphatic carboxylic acids is 1. The van der Waals surface area contributed by atoms with Crippen LogP contribution < -0.4 is 0 Å². The van der Waals surface area contributed by atoms with Crippen LogP contribution in [0.1, 0.15) is 12.1 Å². The smallest absolute Gasteiger partial charge is 0.339 e. The quantitative estimate of drug-likeness (QED) is 0.608. The number of rotatable bonds is 3. The van der Waals surface area contributed by atoms with E-state index in [4.69, 9.17) is 5.11 Å². The number of benzene rings is 1. The lowest BCUT2D eigenvalue weighted by molar-refractivity contribution is -0.157. The standard InChI is InChI=1S/C15H14FN3O5/c16-8-1-3-9(4-2-8)19-7-11(17-18-19)10-5-15(24,14(22)23)6-12(20)13(10)21/h1-5,7,12-13,20-21,24H,6H2,(H,22,23)/t12-,13-,15+/m1/s1. The van der Waals surface area contributed by atoms with Gasteiger partial charge < -0.3 is 20.4 Å². The lowest BCUT2D eigenvalue weighted by atomic mass is 9.82. The highest BCUT2D eigenvalue weighted by atomic mass is 19.1. The highest BCUT2D eigenvalue weighted by Gasteiger charge is 2.44. The van der Waals surface area contributed by atoms with Crippen LogP contribution in [0.4, 0.5) is 4.39 Å². The predicted octanol–water partition coefficient (Wildman–Crippen LogP) is -0.269. The van der Waals surface area contributed by atoms with Gasteiger partial charge in [0.1, 0.15) is 17.6 Å². The second-order valence-electron chi connectivity index (χ2n) is 5.57. The van der Waals surface area contributed by atoms with E-state index in [9.17, 15) is 24.5 Å². The number of aliphatic hydroxyl groups is 3. The summed E-state index contributed by atoms with van der Waals surface area (Å²) in [6.45, 7) is 0. The molecule has 1 aliphatic rings. The third-order valence-corrected chi connectivity index (χ3v) is 3.85. The first-order valence-corrected chi connectivity index (χ1v) is 7.03. The van der Waals surface area contributed by atoms with Gasteiger partial charge in [-0.25, -0.2) is 13.9 Å². The predicted molar refractivity (Wildman–Crippen MR) is 78.5 cm³/mol. The normalized spacial score (nSPS) is 26.9. The molecule has 3 rings (SSSR count). The third-order valence-electron chi connectivity index (χ3n) is 3.85. The Labute approximate surface area is 135 Å². The minimum Gasteiger partial charge on any atom is -0.479 e. The molecule has 1 heterocycles. The van der Waals surface area contributed by atoms with Gasteiger partial charge in [0.15, 0.2) is 5.60 Å². The molecule has 1 aliphatic carbocycles. The third kappa shape index (κ3) is 2.80. The highest BCUT2D eigenvalue weighted by molar-refractivity contribution is 5.85. The van der Waals surface area contributed by atoms with Gasteiger partial charge in [0.25, 0.3) is 0 Å². The van der Waals surface area contributed by atoms with E-state index in [0.29, 0.717) is 5.69 Å². The van der Waals surface area contributed by atoms with Gasteiger partial charge in [-0.3, -0.25) is 0 Å². The lowest BCUT2D eigenvalue weighted by Crippen LogP contribution is -2.47. The Morgan fingerprint density at radius 3 is 2.58 bits per heavy atom. The van der Waals surface area contributed by atoms with Gasteiger partial charge in [-0.1, -0.05) is 5.21 Å². The van der Waals surface area contributed by atoms with Crippen molar-refractivity contribution in [2.45, 2.75) is 24.2 Å². The van der Waals surface area contributed by atoms with Crippen molar-refractivity contribution in [3.63, 3.8) is 0 Å². The SMILES string of the molecule is O=C(O)[C@]1(O)C=C(c2cn(-c3ccc(F)cc3)nn2)[C@@H](O)[C@H](O)C1. The van der Waals surface area contributed by atoms with E-state index in [1.807, 2.05) is 0 Å². The van der Waals surface area contributed by atoms with Gasteiger partial charge in [-0.15, -0.1) is 5.10 Å². The van der Waals surface area contributed by atoms with Crippen LogP contribution in [-0.2, 0) is 4.79 Å². The molecule has 0 saturated heterocycles. The summed E-state index contributed by atoms with van der Waals surface area (Å²) in [5, 5.41) is 46.7. The van der Waals surface area contributed by atoms with Crippen molar-refractivity contribution in [3.8, 4) is 5.69 Å². The zero-order valence-electron chi connectivity index (χ0n) is 12.2. The fourth-order valence-corrected chi connectivity index (χ4v) is 2.53. The van der Waals surface area contributed by atoms with Crippen LogP contribution in [0.25, 0.3) is 11.3 Å². The number of aliphatic hydroxyl groups excluding tert-OH is 2. The maximum atomic E-state index is 13.0. The van der Waals surface area contributed by atoms with Crippen LogP contribution in [0.15, 0.2) is 36.5 Å². The van der Waals surface area contributed by atoms with Crippen molar-refractivity contribution >= 4 is 11.5 Å². The molecule has 0 fully saturated rings. The van der Waals surface area contributed by atoms with Gasteiger partial charge in [0.05, 0.1) is 18.0 Å². The second kappa shape index (κ2) is 5.78. The zero-order chi connectivity index (χ0) is 17.5. The van der Waals surface area contributed by atoms with Gasteiger partial charge in [-0.2, -0.15) is 0 Å². The molecule has 0 spiro atoms. The minimum atomic E-state index is -2.31. The molecule has 1 aromatic carbocycles. The summed E-state index contributed by atoms with van der Waals surface area (Å²) in [4.78, 5) is 11.2. The van der Waals surface area contributed by atoms with Gasteiger partial charge in [0, 0.05) is 12.0 Å². The summed E-state index contributed by atoms with van der Waals surface area (Å²) in [5.41, 5.74) is -1.78. The Kier molecular flexibility index (Phi) is 3.91. The number of hydrogen-bond donors (Lipinski definition) is 4. The van der Waals surface area contributed by atoms with E-state index in [1.54, 1.807) is 0 Å². The van der Waals surface area contributed by atoms with E-state index < -0.39 is 36.0 Å². The highest BCUT2D eigenvalue weighted by Crippen LogP contribution is 2.32. The monoisotopic (exact) mass is 335 g/mol. The molecule has 0 aliphatic heterocycles. The Morgan fingerprint density at radius 2 is 1.96 bits per heavy atom. The first kappa shape index (κ1) is 16.2. The summed E-state index contributed by atoms with van der Waals surface area (Å²) < 4.78 is 14.2. The molecule has 126 valence electrons. The number of hydrogen-bond acceptors (Lipinski definition) is 6. The van der Waals surface area contributed by atoms with Gasteiger partial charge in [0.2, 0.25) is 0 Å². The summed E-state index contributed by atoms with van der Waals surface area (Å²) in [6, 6.07) is 5.39. The summed E-state index contributed by atoms with van der Waals surface area (Å²) in [7, 11) is 0. The van der Waals surface area contributed by atoms with Gasteiger partial charge in [-0.05, 0) is 30.3 Å². The average Bonchev–Trinajstić information content (AvgIpc) is 3.01. The van der Waals surface area contributed by atoms with E-state index in [1.165, 1.54) is 35.1 Å². The number of halogens is 1. The second-order valence-corrected chi connectivity index (χ2v) is 5.57. The molecular weight excluding hydrogens is 321 g/mol. The van der Waals surface area contributed by atoms with E-state index in [2.05, 4.69) is 10.3 Å². The van der Waals surface area contributed by atoms with Gasteiger partial charge >= 0.3 is 5.97 Å². The number of nitrogens with zero attached hydrogens (tertiary/aromatic N) is 3. The molecule has 1 aromatic heterocycles. The van der Waals surface area contributed by atoms with E-state index in [0.717, 1.165) is 6.08 Å². The molecule has 0 unspecified atom stereocenters. The van der Waals surface area contributed by atoms with Crippen LogP contribution in [0.5, 0.6) is 0 Å². The molecule has 3 atom stereocenters. The fourth-order valence-electron chi connectivity index (χ4n) is 2.53. The Balaban J connectivity index is 2.00. The maximum absolute atomic E-state index is 13.0. The first-order valence-electron chi connectivity index (χ1n) is 7.03. The van der Waals surface area contributed by atoms with E-state index >= 15 is 0 Å². The molecule has 0 bridgehead atoms. The molecule has 0 amide bonds. The Morgan fingerprint density at radius 1 is 1.29 bits per heavy atom.